The van der Waals surface area contributed by atoms with E-state index in [1.807, 2.05) is 0 Å². The van der Waals surface area contributed by atoms with E-state index in [2.05, 4.69) is 182 Å². The maximum absolute atomic E-state index is 15.4. The van der Waals surface area contributed by atoms with Gasteiger partial charge in [0.1, 0.15) is 0 Å². The highest BCUT2D eigenvalue weighted by Crippen LogP contribution is 2.60. The third-order valence-corrected chi connectivity index (χ3v) is 16.6. The molecule has 3 nitrogen and oxygen atoms in total. The molecule has 64 heavy (non-hydrogen) atoms. The van der Waals surface area contributed by atoms with E-state index in [1.54, 1.807) is 0 Å². The number of nitrogens with zero attached hydrogens (tertiary/aromatic N) is 1. The maximum Gasteiger partial charge on any atom is 0.175 e. The zero-order chi connectivity index (χ0) is 42.1. The number of fused-ring (bicyclic) bond motifs is 12. The van der Waals surface area contributed by atoms with Crippen LogP contribution in [0.4, 0.5) is 0 Å². The molecule has 0 unspecified atom stereocenters. The van der Waals surface area contributed by atoms with Crippen LogP contribution in [0.2, 0.25) is 0 Å². The number of carbonyl (C=O) groups is 2. The normalized spacial score (nSPS) is 20.2. The monoisotopic (exact) mass is 815 g/mol. The van der Waals surface area contributed by atoms with Crippen molar-refractivity contribution in [1.82, 2.24) is 4.40 Å². The van der Waals surface area contributed by atoms with E-state index in [9.17, 15) is 0 Å². The molecule has 0 spiro atoms. The molecule has 18 rings (SSSR count). The Morgan fingerprint density at radius 3 is 1.38 bits per heavy atom. The molecule has 9 aromatic carbocycles. The summed E-state index contributed by atoms with van der Waals surface area (Å²) in [6.07, 6.45) is 0. The number of aromatic nitrogens is 1. The first-order valence-electron chi connectivity index (χ1n) is 22.7. The molecular weight excluding hydrogens is 779 g/mol. The van der Waals surface area contributed by atoms with E-state index in [1.165, 1.54) is 66.1 Å². The number of ketones is 2. The van der Waals surface area contributed by atoms with Crippen LogP contribution in [0.3, 0.4) is 0 Å². The highest BCUT2D eigenvalue weighted by Gasteiger charge is 2.46. The molecule has 0 atom stereocenters. The van der Waals surface area contributed by atoms with Gasteiger partial charge in [0.05, 0.1) is 28.4 Å². The smallest absolute Gasteiger partial charge is 0.175 e. The first kappa shape index (κ1) is 33.9. The van der Waals surface area contributed by atoms with Crippen molar-refractivity contribution in [2.75, 3.05) is 0 Å². The Labute approximate surface area is 368 Å². The Morgan fingerprint density at radius 1 is 0.391 bits per heavy atom. The zero-order valence-corrected chi connectivity index (χ0v) is 35.2. The fourth-order valence-corrected chi connectivity index (χ4v) is 14.0. The highest BCUT2D eigenvalue weighted by atomic mass is 16.1. The lowest BCUT2D eigenvalue weighted by atomic mass is 9.72. The fraction of sp³-hybridized carbons (Fsp3) is 0.115. The van der Waals surface area contributed by atoms with Crippen LogP contribution >= 0.6 is 0 Å². The number of carbonyl (C=O) groups excluding carboxylic acids is 2. The lowest BCUT2D eigenvalue weighted by Crippen LogP contribution is -2.19. The molecular formula is C61H37NO2. The fourth-order valence-electron chi connectivity index (χ4n) is 14.0. The van der Waals surface area contributed by atoms with Gasteiger partial charge in [0.2, 0.25) is 0 Å². The minimum atomic E-state index is -0.372. The van der Waals surface area contributed by atoms with Crippen LogP contribution < -0.4 is 0 Å². The zero-order valence-electron chi connectivity index (χ0n) is 35.2. The first-order valence-corrected chi connectivity index (χ1v) is 22.7. The quantitative estimate of drug-likeness (QED) is 0.153. The number of hydrogen-bond acceptors (Lipinski definition) is 2. The highest BCUT2D eigenvalue weighted by molar-refractivity contribution is 6.31. The molecule has 0 fully saturated rings. The van der Waals surface area contributed by atoms with Crippen molar-refractivity contribution in [2.24, 2.45) is 0 Å². The van der Waals surface area contributed by atoms with E-state index in [0.29, 0.717) is 0 Å². The van der Waals surface area contributed by atoms with Crippen LogP contribution in [0, 0.1) is 0 Å². The van der Waals surface area contributed by atoms with Gasteiger partial charge in [0, 0.05) is 49.9 Å². The minimum Gasteiger partial charge on any atom is -0.308 e. The molecule has 0 N–H and O–H groups in total. The third-order valence-electron chi connectivity index (χ3n) is 16.6. The average molecular weight is 816 g/mol. The molecule has 3 heteroatoms. The summed E-state index contributed by atoms with van der Waals surface area (Å²) in [5, 5.41) is 7.22. The van der Waals surface area contributed by atoms with Gasteiger partial charge in [0.25, 0.3) is 0 Å². The summed E-state index contributed by atoms with van der Waals surface area (Å²) < 4.78 is 2.44. The Bertz CT molecular complexity index is 3970. The molecule has 0 saturated heterocycles. The second-order valence-electron chi connectivity index (χ2n) is 19.6. The van der Waals surface area contributed by atoms with E-state index in [4.69, 9.17) is 0 Å². The van der Waals surface area contributed by atoms with Crippen molar-refractivity contribution >= 4 is 60.4 Å². The van der Waals surface area contributed by atoms with Gasteiger partial charge < -0.3 is 4.40 Å². The molecule has 2 aromatic heterocycles. The van der Waals surface area contributed by atoms with Crippen molar-refractivity contribution < 1.29 is 9.59 Å². The molecule has 2 heterocycles. The average Bonchev–Trinajstić information content (AvgIpc) is 3.80. The summed E-state index contributed by atoms with van der Waals surface area (Å²) in [5.74, 6) is -0.563. The predicted octanol–water partition coefficient (Wildman–Crippen LogP) is 13.9. The predicted molar refractivity (Wildman–Crippen MR) is 256 cm³/mol. The summed E-state index contributed by atoms with van der Waals surface area (Å²) in [6, 6.07) is 59.7. The number of rotatable bonds is 0. The molecule has 0 aliphatic heterocycles. The topological polar surface area (TPSA) is 38.5 Å². The molecule has 7 aliphatic rings. The van der Waals surface area contributed by atoms with Gasteiger partial charge in [0.15, 0.2) is 11.6 Å². The van der Waals surface area contributed by atoms with Crippen LogP contribution in [0.1, 0.15) is 125 Å². The van der Waals surface area contributed by atoms with Gasteiger partial charge in [-0.15, -0.1) is 0 Å². The summed E-state index contributed by atoms with van der Waals surface area (Å²) in [4.78, 5) is 30.8. The summed E-state index contributed by atoms with van der Waals surface area (Å²) in [5.41, 5.74) is 21.3. The van der Waals surface area contributed by atoms with Gasteiger partial charge in [-0.1, -0.05) is 147 Å². The van der Waals surface area contributed by atoms with Crippen molar-refractivity contribution in [3.8, 4) is 11.1 Å². The van der Waals surface area contributed by atoms with Crippen molar-refractivity contribution in [3.63, 3.8) is 0 Å². The van der Waals surface area contributed by atoms with Gasteiger partial charge in [-0.25, -0.2) is 0 Å². The second-order valence-corrected chi connectivity index (χ2v) is 19.6. The molecule has 0 radical (unpaired) electrons. The maximum atomic E-state index is 15.4. The third kappa shape index (κ3) is 3.71. The lowest BCUT2D eigenvalue weighted by Gasteiger charge is -2.30. The molecule has 4 bridgehead atoms. The summed E-state index contributed by atoms with van der Waals surface area (Å²) in [6.45, 7) is 4.78. The number of benzene rings is 9. The van der Waals surface area contributed by atoms with Crippen LogP contribution in [-0.2, 0) is 5.41 Å². The molecule has 0 amide bonds. The molecule has 298 valence electrons. The van der Waals surface area contributed by atoms with Crippen molar-refractivity contribution in [3.05, 3.63) is 242 Å². The Hall–Kier alpha value is -7.62. The Kier molecular flexibility index (Phi) is 5.89. The molecule has 7 aliphatic carbocycles. The van der Waals surface area contributed by atoms with Crippen LogP contribution in [-0.4, -0.2) is 16.0 Å². The van der Waals surface area contributed by atoms with Gasteiger partial charge in [-0.3, -0.25) is 9.59 Å². The summed E-state index contributed by atoms with van der Waals surface area (Å²) >= 11 is 0. The summed E-state index contributed by atoms with van der Waals surface area (Å²) in [7, 11) is 0. The van der Waals surface area contributed by atoms with Crippen LogP contribution in [0.25, 0.3) is 60.0 Å². The molecule has 0 saturated carbocycles. The largest absolute Gasteiger partial charge is 0.308 e. The van der Waals surface area contributed by atoms with Crippen LogP contribution in [0.5, 0.6) is 0 Å². The van der Waals surface area contributed by atoms with E-state index in [0.717, 1.165) is 71.8 Å². The van der Waals surface area contributed by atoms with Crippen molar-refractivity contribution in [1.29, 1.82) is 0 Å². The van der Waals surface area contributed by atoms with E-state index >= 15 is 9.59 Å². The van der Waals surface area contributed by atoms with E-state index < -0.39 is 0 Å². The first-order chi connectivity index (χ1) is 31.4. The standard InChI is InChI=1S/C61H37NO2/c1-61(2)47-24-23-30-13-3-4-14-31(30)55(47)57-48(61)27-43-40-25-41-44(59(63)53-36-19-9-5-15-32(36)51(41)33-16-6-10-20-37(33)53)28-49(40)62-50-29-45-42(26-46(50)56(57)58(43)62)52-34-17-7-11-21-38(34)54(60(45)64)39-22-12-8-18-35(39)52/h3-29,51-54H,1-2H3. The molecule has 11 aromatic rings. The Balaban J connectivity index is 1.10. The van der Waals surface area contributed by atoms with Gasteiger partial charge in [-0.2, -0.15) is 0 Å². The number of Topliss-reactive ketones (excluding diaryl/α,β-unsaturated/α-hetero) is 2. The van der Waals surface area contributed by atoms with Crippen molar-refractivity contribution in [2.45, 2.75) is 42.9 Å². The Morgan fingerprint density at radius 2 is 0.844 bits per heavy atom. The second kappa shape index (κ2) is 11.1. The van der Waals surface area contributed by atoms with Gasteiger partial charge >= 0.3 is 0 Å². The van der Waals surface area contributed by atoms with E-state index in [-0.39, 0.29) is 40.7 Å². The minimum absolute atomic E-state index is 0.0591. The van der Waals surface area contributed by atoms with Gasteiger partial charge in [-0.05, 0) is 119 Å². The SMILES string of the molecule is CC1(C)c2ccc3ccccc3c2-c2c1cc1c3cc4c(cc3n3c5cc6c(cc5c2c13)C1c2ccccc2C(C6=O)c2ccccc21)C(=O)C1c2ccccc2C4c2ccccc21. The lowest BCUT2D eigenvalue weighted by molar-refractivity contribution is 0.0966. The van der Waals surface area contributed by atoms with Crippen LogP contribution in [0.15, 0.2) is 164 Å². The number of hydrogen-bond donors (Lipinski definition) is 0.